The lowest BCUT2D eigenvalue weighted by molar-refractivity contribution is -0.144. The molecule has 7 nitrogen and oxygen atoms in total. The number of benzene rings is 2. The van der Waals surface area contributed by atoms with E-state index in [-0.39, 0.29) is 23.8 Å². The maximum atomic E-state index is 14.1. The number of nitrogens with zero attached hydrogens (tertiary/aromatic N) is 4. The second kappa shape index (κ2) is 8.55. The highest BCUT2D eigenvalue weighted by molar-refractivity contribution is 6.03. The first kappa shape index (κ1) is 22.6. The predicted molar refractivity (Wildman–Crippen MR) is 130 cm³/mol. The Hall–Kier alpha value is -3.19. The highest BCUT2D eigenvalue weighted by Crippen LogP contribution is 2.48. The molecule has 3 aliphatic rings. The van der Waals surface area contributed by atoms with E-state index in [1.54, 1.807) is 4.90 Å². The van der Waals surface area contributed by atoms with E-state index in [1.807, 2.05) is 78.2 Å². The molecule has 2 aromatic carbocycles. The third-order valence-corrected chi connectivity index (χ3v) is 7.55. The lowest BCUT2D eigenvalue weighted by atomic mass is 9.67. The van der Waals surface area contributed by atoms with E-state index in [0.717, 1.165) is 18.7 Å². The quantitative estimate of drug-likeness (QED) is 0.705. The molecule has 5 rings (SSSR count). The number of hydrogen-bond donors (Lipinski definition) is 0. The van der Waals surface area contributed by atoms with Crippen LogP contribution < -0.4 is 0 Å². The molecule has 0 bridgehead atoms. The Labute approximate surface area is 200 Å². The first-order valence-electron chi connectivity index (χ1n) is 12.1. The number of likely N-dealkylation sites (tertiary alicyclic amines) is 1. The summed E-state index contributed by atoms with van der Waals surface area (Å²) >= 11 is 0. The lowest BCUT2D eigenvalue weighted by Gasteiger charge is -2.62. The Balaban J connectivity index is 1.55. The minimum Gasteiger partial charge on any atom is -0.340 e. The van der Waals surface area contributed by atoms with Crippen LogP contribution in [0.4, 0.5) is 0 Å². The summed E-state index contributed by atoms with van der Waals surface area (Å²) in [5.41, 5.74) is 1.27. The fourth-order valence-corrected chi connectivity index (χ4v) is 5.88. The molecule has 0 radical (unpaired) electrons. The molecule has 178 valence electrons. The van der Waals surface area contributed by atoms with Crippen LogP contribution in [0.15, 0.2) is 54.6 Å². The van der Waals surface area contributed by atoms with Crippen LogP contribution in [0, 0.1) is 0 Å². The summed E-state index contributed by atoms with van der Waals surface area (Å²) in [7, 11) is 2.07. The van der Waals surface area contributed by atoms with Gasteiger partial charge in [0.2, 0.25) is 5.91 Å². The first-order valence-corrected chi connectivity index (χ1v) is 12.1. The van der Waals surface area contributed by atoms with Crippen LogP contribution >= 0.6 is 0 Å². The van der Waals surface area contributed by atoms with Gasteiger partial charge in [0.1, 0.15) is 0 Å². The molecule has 0 aliphatic carbocycles. The number of carbonyl (C=O) groups excluding carboxylic acids is 3. The van der Waals surface area contributed by atoms with Gasteiger partial charge < -0.3 is 19.6 Å². The van der Waals surface area contributed by atoms with E-state index in [2.05, 4.69) is 11.9 Å². The summed E-state index contributed by atoms with van der Waals surface area (Å²) in [5.74, 6) is -0.551. The predicted octanol–water partition coefficient (Wildman–Crippen LogP) is 2.30. The van der Waals surface area contributed by atoms with Crippen molar-refractivity contribution in [1.29, 1.82) is 0 Å². The Bertz CT molecular complexity index is 1100. The molecule has 0 aromatic heterocycles. The molecule has 34 heavy (non-hydrogen) atoms. The molecule has 3 heterocycles. The molecule has 7 heteroatoms. The number of piperazine rings is 1. The van der Waals surface area contributed by atoms with Crippen LogP contribution in [0.1, 0.15) is 46.0 Å². The van der Waals surface area contributed by atoms with Gasteiger partial charge in [0.25, 0.3) is 11.8 Å². The van der Waals surface area contributed by atoms with Crippen molar-refractivity contribution in [2.75, 3.05) is 46.3 Å². The van der Waals surface area contributed by atoms with Crippen molar-refractivity contribution in [2.45, 2.75) is 31.3 Å². The number of likely N-dealkylation sites (N-methyl/N-ethyl adjacent to an activating group) is 1. The minimum absolute atomic E-state index is 0.0557. The summed E-state index contributed by atoms with van der Waals surface area (Å²) in [6.45, 7) is 7.70. The van der Waals surface area contributed by atoms with Gasteiger partial charge in [-0.15, -0.1) is 0 Å². The molecule has 0 saturated carbocycles. The zero-order valence-corrected chi connectivity index (χ0v) is 20.1. The second-order valence-electron chi connectivity index (χ2n) is 10.0. The highest BCUT2D eigenvalue weighted by Gasteiger charge is 2.62. The maximum Gasteiger partial charge on any atom is 0.255 e. The van der Waals surface area contributed by atoms with Gasteiger partial charge in [0, 0.05) is 56.4 Å². The van der Waals surface area contributed by atoms with Gasteiger partial charge in [0.15, 0.2) is 0 Å². The zero-order valence-electron chi connectivity index (χ0n) is 20.1. The number of fused-ring (bicyclic) bond motifs is 1. The topological polar surface area (TPSA) is 64.2 Å². The van der Waals surface area contributed by atoms with Gasteiger partial charge in [-0.05, 0) is 44.7 Å². The highest BCUT2D eigenvalue weighted by atomic mass is 16.2. The van der Waals surface area contributed by atoms with E-state index >= 15 is 0 Å². The Morgan fingerprint density at radius 3 is 2.15 bits per heavy atom. The van der Waals surface area contributed by atoms with Gasteiger partial charge in [-0.1, -0.05) is 36.4 Å². The smallest absolute Gasteiger partial charge is 0.255 e. The van der Waals surface area contributed by atoms with Gasteiger partial charge in [-0.3, -0.25) is 14.4 Å². The van der Waals surface area contributed by atoms with Crippen molar-refractivity contribution >= 4 is 17.7 Å². The summed E-state index contributed by atoms with van der Waals surface area (Å²) in [6.07, 6.45) is 0. The van der Waals surface area contributed by atoms with Crippen molar-refractivity contribution in [3.05, 3.63) is 71.3 Å². The largest absolute Gasteiger partial charge is 0.340 e. The van der Waals surface area contributed by atoms with Crippen molar-refractivity contribution < 1.29 is 14.4 Å². The number of hydrogen-bond acceptors (Lipinski definition) is 4. The van der Waals surface area contributed by atoms with Crippen LogP contribution in [0.25, 0.3) is 0 Å². The molecule has 3 amide bonds. The van der Waals surface area contributed by atoms with Gasteiger partial charge >= 0.3 is 0 Å². The minimum atomic E-state index is -0.746. The normalized spacial score (nSPS) is 22.1. The molecule has 1 unspecified atom stereocenters. The molecule has 2 saturated heterocycles. The molecule has 0 N–H and O–H groups in total. The number of rotatable bonds is 3. The van der Waals surface area contributed by atoms with Crippen molar-refractivity contribution in [2.24, 2.45) is 0 Å². The lowest BCUT2D eigenvalue weighted by Crippen LogP contribution is -2.78. The standard InChI is InChI=1S/C27H32N4O3/c1-19(2)31-25(33)22-12-8-7-11-21(22)23(26(34)29-15-13-28(3)14-16-29)27(31)17-30(18-27)24(32)20-9-5-4-6-10-20/h4-12,19,23H,13-18H2,1-3H3. The van der Waals surface area contributed by atoms with Gasteiger partial charge in [-0.2, -0.15) is 0 Å². The molecule has 2 aromatic rings. The summed E-state index contributed by atoms with van der Waals surface area (Å²) in [5, 5.41) is 0. The second-order valence-corrected chi connectivity index (χ2v) is 10.0. The third kappa shape index (κ3) is 3.50. The monoisotopic (exact) mass is 460 g/mol. The van der Waals surface area contributed by atoms with Crippen LogP contribution in [0.2, 0.25) is 0 Å². The fraction of sp³-hybridized carbons (Fsp3) is 0.444. The molecule has 1 atom stereocenters. The van der Waals surface area contributed by atoms with Crippen LogP contribution in [0.5, 0.6) is 0 Å². The average Bonchev–Trinajstić information content (AvgIpc) is 2.82. The van der Waals surface area contributed by atoms with Crippen molar-refractivity contribution in [3.8, 4) is 0 Å². The summed E-state index contributed by atoms with van der Waals surface area (Å²) in [6, 6.07) is 16.6. The Kier molecular flexibility index (Phi) is 5.68. The Morgan fingerprint density at radius 1 is 0.882 bits per heavy atom. The van der Waals surface area contributed by atoms with E-state index in [1.165, 1.54) is 0 Å². The van der Waals surface area contributed by atoms with Crippen molar-refractivity contribution in [1.82, 2.24) is 19.6 Å². The van der Waals surface area contributed by atoms with Crippen molar-refractivity contribution in [3.63, 3.8) is 0 Å². The van der Waals surface area contributed by atoms with E-state index in [0.29, 0.717) is 37.3 Å². The zero-order chi connectivity index (χ0) is 24.0. The van der Waals surface area contributed by atoms with E-state index in [9.17, 15) is 14.4 Å². The molecular weight excluding hydrogens is 428 g/mol. The third-order valence-electron chi connectivity index (χ3n) is 7.55. The van der Waals surface area contributed by atoms with Gasteiger partial charge in [0.05, 0.1) is 11.5 Å². The van der Waals surface area contributed by atoms with E-state index in [4.69, 9.17) is 0 Å². The summed E-state index contributed by atoms with van der Waals surface area (Å²) in [4.78, 5) is 48.8. The summed E-state index contributed by atoms with van der Waals surface area (Å²) < 4.78 is 0. The fourth-order valence-electron chi connectivity index (χ4n) is 5.88. The van der Waals surface area contributed by atoms with Gasteiger partial charge in [-0.25, -0.2) is 0 Å². The number of carbonyl (C=O) groups is 3. The average molecular weight is 461 g/mol. The number of amides is 3. The first-order chi connectivity index (χ1) is 16.3. The maximum absolute atomic E-state index is 14.1. The van der Waals surface area contributed by atoms with E-state index < -0.39 is 11.5 Å². The molecule has 2 fully saturated rings. The van der Waals surface area contributed by atoms with Crippen LogP contribution in [-0.4, -0.2) is 95.2 Å². The molecule has 3 aliphatic heterocycles. The Morgan fingerprint density at radius 2 is 1.50 bits per heavy atom. The molecular formula is C27H32N4O3. The molecule has 1 spiro atoms. The van der Waals surface area contributed by atoms with Crippen LogP contribution in [-0.2, 0) is 4.79 Å². The van der Waals surface area contributed by atoms with Crippen LogP contribution in [0.3, 0.4) is 0 Å². The SMILES string of the molecule is CC(C)N1C(=O)c2ccccc2C(C(=O)N2CCN(C)CC2)C12CN(C(=O)c1ccccc1)C2.